The number of nitrogens with one attached hydrogen (secondary N) is 1. The molecule has 0 radical (unpaired) electrons. The van der Waals surface area contributed by atoms with Gasteiger partial charge in [0.25, 0.3) is 0 Å². The Labute approximate surface area is 198 Å². The largest absolute Gasteiger partial charge is 0.466 e. The van der Waals surface area contributed by atoms with Crippen LogP contribution in [0.25, 0.3) is 0 Å². The fraction of sp³-hybridized carbons (Fsp3) is 0.304. The number of halogens is 4. The predicted molar refractivity (Wildman–Crippen MR) is 118 cm³/mol. The Morgan fingerprint density at radius 2 is 1.94 bits per heavy atom. The summed E-state index contributed by atoms with van der Waals surface area (Å²) in [7, 11) is 1.20. The number of pyridine rings is 1. The Bertz CT molecular complexity index is 1210. The number of nitrogens with zero attached hydrogens (tertiary/aromatic N) is 3. The number of carbonyl (C=O) groups is 2. The van der Waals surface area contributed by atoms with Crippen molar-refractivity contribution in [1.29, 1.82) is 0 Å². The van der Waals surface area contributed by atoms with E-state index in [0.29, 0.717) is 37.7 Å². The van der Waals surface area contributed by atoms with Crippen LogP contribution in [0.15, 0.2) is 46.7 Å². The quantitative estimate of drug-likeness (QED) is 0.645. The third-order valence-corrected chi connectivity index (χ3v) is 5.94. The van der Waals surface area contributed by atoms with Crippen LogP contribution in [0.5, 0.6) is 0 Å². The van der Waals surface area contributed by atoms with E-state index in [-0.39, 0.29) is 40.0 Å². The van der Waals surface area contributed by atoms with Crippen molar-refractivity contribution in [2.45, 2.75) is 18.9 Å². The average molecular weight is 493 g/mol. The number of amidine groups is 1. The fourth-order valence-electron chi connectivity index (χ4n) is 3.91. The van der Waals surface area contributed by atoms with Gasteiger partial charge in [0, 0.05) is 54.8 Å². The number of ether oxygens (including phenoxy) is 1. The molecule has 0 amide bonds. The van der Waals surface area contributed by atoms with Crippen LogP contribution in [0.3, 0.4) is 0 Å². The van der Waals surface area contributed by atoms with Crippen molar-refractivity contribution in [2.24, 2.45) is 4.99 Å². The summed E-state index contributed by atoms with van der Waals surface area (Å²) >= 11 is 6.29. The highest BCUT2D eigenvalue weighted by atomic mass is 35.5. The number of aliphatic imine (C=N–C) groups is 1. The molecule has 11 heteroatoms. The van der Waals surface area contributed by atoms with Crippen molar-refractivity contribution in [3.05, 3.63) is 75.5 Å². The van der Waals surface area contributed by atoms with Crippen LogP contribution in [0.2, 0.25) is 5.02 Å². The number of Topliss-reactive ketones (excluding diaryl/α,β-unsaturated/α-hetero) is 1. The van der Waals surface area contributed by atoms with Crippen molar-refractivity contribution in [1.82, 2.24) is 15.2 Å². The van der Waals surface area contributed by atoms with Gasteiger partial charge < -0.3 is 10.1 Å². The maximum atomic E-state index is 14.6. The van der Waals surface area contributed by atoms with Crippen molar-refractivity contribution >= 4 is 29.2 Å². The first kappa shape index (κ1) is 23.9. The van der Waals surface area contributed by atoms with Gasteiger partial charge in [-0.05, 0) is 12.1 Å². The van der Waals surface area contributed by atoms with Crippen LogP contribution in [0.4, 0.5) is 13.2 Å². The van der Waals surface area contributed by atoms with Gasteiger partial charge in [0.05, 0.1) is 18.9 Å². The monoisotopic (exact) mass is 492 g/mol. The van der Waals surface area contributed by atoms with E-state index in [1.165, 1.54) is 19.2 Å². The molecule has 2 aliphatic heterocycles. The highest BCUT2D eigenvalue weighted by Crippen LogP contribution is 2.36. The van der Waals surface area contributed by atoms with Gasteiger partial charge in [-0.3, -0.25) is 14.7 Å². The summed E-state index contributed by atoms with van der Waals surface area (Å²) in [6.07, 6.45) is 1.57. The normalized spacial score (nSPS) is 19.0. The predicted octanol–water partition coefficient (Wildman–Crippen LogP) is 3.34. The Morgan fingerprint density at radius 1 is 1.21 bits per heavy atom. The van der Waals surface area contributed by atoms with Crippen molar-refractivity contribution in [3.63, 3.8) is 0 Å². The highest BCUT2D eigenvalue weighted by molar-refractivity contribution is 6.31. The number of ketones is 1. The highest BCUT2D eigenvalue weighted by Gasteiger charge is 2.35. The molecule has 0 spiro atoms. The lowest BCUT2D eigenvalue weighted by atomic mass is 9.94. The number of esters is 1. The van der Waals surface area contributed by atoms with E-state index in [1.807, 2.05) is 4.90 Å². The average Bonchev–Trinajstić information content (AvgIpc) is 2.80. The molecule has 3 heterocycles. The molecular formula is C23H20ClF3N4O3. The van der Waals surface area contributed by atoms with Crippen molar-refractivity contribution in [3.8, 4) is 0 Å². The molecule has 1 saturated heterocycles. The Morgan fingerprint density at radius 3 is 2.59 bits per heavy atom. The Balaban J connectivity index is 1.84. The number of rotatable bonds is 5. The van der Waals surface area contributed by atoms with Gasteiger partial charge in [0.2, 0.25) is 0 Å². The first-order chi connectivity index (χ1) is 16.3. The van der Waals surface area contributed by atoms with Crippen LogP contribution in [0.1, 0.15) is 30.1 Å². The minimum Gasteiger partial charge on any atom is -0.466 e. The summed E-state index contributed by atoms with van der Waals surface area (Å²) < 4.78 is 46.8. The zero-order valence-corrected chi connectivity index (χ0v) is 18.8. The summed E-state index contributed by atoms with van der Waals surface area (Å²) in [4.78, 5) is 34.7. The third kappa shape index (κ3) is 4.97. The lowest BCUT2D eigenvalue weighted by Gasteiger charge is -2.32. The lowest BCUT2D eigenvalue weighted by Crippen LogP contribution is -2.42. The van der Waals surface area contributed by atoms with Crippen molar-refractivity contribution in [2.75, 3.05) is 26.7 Å². The number of likely N-dealkylation sites (tertiary alicyclic amines) is 1. The summed E-state index contributed by atoms with van der Waals surface area (Å²) in [5, 5.41) is 2.95. The molecule has 1 aromatic heterocycles. The van der Waals surface area contributed by atoms with Gasteiger partial charge in [-0.1, -0.05) is 17.7 Å². The maximum Gasteiger partial charge on any atom is 0.338 e. The smallest absolute Gasteiger partial charge is 0.338 e. The summed E-state index contributed by atoms with van der Waals surface area (Å²) in [5.41, 5.74) is 0.456. The van der Waals surface area contributed by atoms with E-state index in [4.69, 9.17) is 16.3 Å². The second-order valence-electron chi connectivity index (χ2n) is 7.85. The van der Waals surface area contributed by atoms with Gasteiger partial charge in [0.1, 0.15) is 29.2 Å². The van der Waals surface area contributed by atoms with E-state index >= 15 is 0 Å². The first-order valence-corrected chi connectivity index (χ1v) is 10.8. The lowest BCUT2D eigenvalue weighted by molar-refractivity contribution is -0.136. The SMILES string of the molecule is COC(=O)C1=C(CN2CCC(=O)CC2)NC(c2ncc(F)cc2F)=N[C@H]1c1ccc(F)cc1Cl. The van der Waals surface area contributed by atoms with Crippen molar-refractivity contribution < 1.29 is 27.5 Å². The van der Waals surface area contributed by atoms with Crippen LogP contribution in [-0.2, 0) is 14.3 Å². The summed E-state index contributed by atoms with van der Waals surface area (Å²) in [6.45, 7) is 1.13. The number of piperidine rings is 1. The molecule has 0 unspecified atom stereocenters. The van der Waals surface area contributed by atoms with E-state index < -0.39 is 29.5 Å². The van der Waals surface area contributed by atoms with E-state index in [2.05, 4.69) is 15.3 Å². The molecule has 1 aromatic carbocycles. The molecule has 1 N–H and O–H groups in total. The molecular weight excluding hydrogens is 473 g/mol. The molecule has 2 aromatic rings. The number of hydrogen-bond acceptors (Lipinski definition) is 7. The van der Waals surface area contributed by atoms with E-state index in [0.717, 1.165) is 12.3 Å². The molecule has 0 aliphatic carbocycles. The maximum absolute atomic E-state index is 14.6. The van der Waals surface area contributed by atoms with Gasteiger partial charge in [0.15, 0.2) is 11.7 Å². The molecule has 1 atom stereocenters. The minimum atomic E-state index is -1.08. The number of carbonyl (C=O) groups excluding carboxylic acids is 2. The van der Waals surface area contributed by atoms with Gasteiger partial charge >= 0.3 is 5.97 Å². The van der Waals surface area contributed by atoms with E-state index in [9.17, 15) is 22.8 Å². The summed E-state index contributed by atoms with van der Waals surface area (Å²) in [6, 6.07) is 3.21. The number of aromatic nitrogens is 1. The molecule has 0 bridgehead atoms. The van der Waals surface area contributed by atoms with Crippen LogP contribution in [-0.4, -0.2) is 54.2 Å². The Kier molecular flexibility index (Phi) is 6.99. The molecule has 34 heavy (non-hydrogen) atoms. The van der Waals surface area contributed by atoms with Crippen LogP contribution >= 0.6 is 11.6 Å². The zero-order valence-electron chi connectivity index (χ0n) is 18.1. The molecule has 7 nitrogen and oxygen atoms in total. The molecule has 1 fully saturated rings. The van der Waals surface area contributed by atoms with Crippen LogP contribution < -0.4 is 5.32 Å². The molecule has 4 rings (SSSR count). The number of methoxy groups -OCH3 is 1. The zero-order chi connectivity index (χ0) is 24.4. The first-order valence-electron chi connectivity index (χ1n) is 10.4. The fourth-order valence-corrected chi connectivity index (χ4v) is 4.18. The Hall–Kier alpha value is -3.24. The topological polar surface area (TPSA) is 83.9 Å². The standard InChI is InChI=1S/C23H20ClF3N4O3/c1-34-23(33)19-18(11-31-6-4-14(32)5-7-31)29-22(21-17(27)9-13(26)10-28-21)30-20(19)15-3-2-12(25)8-16(15)24/h2-3,8-10,20H,4-7,11H2,1H3,(H,29,30)/t20-/m0/s1. The van der Waals surface area contributed by atoms with Gasteiger partial charge in [-0.25, -0.2) is 22.9 Å². The summed E-state index contributed by atoms with van der Waals surface area (Å²) in [5.74, 6) is -3.03. The minimum absolute atomic E-state index is 0.00635. The third-order valence-electron chi connectivity index (χ3n) is 5.62. The molecule has 0 saturated carbocycles. The molecule has 178 valence electrons. The number of benzene rings is 1. The van der Waals surface area contributed by atoms with Gasteiger partial charge in [-0.15, -0.1) is 0 Å². The number of hydrogen-bond donors (Lipinski definition) is 1. The van der Waals surface area contributed by atoms with Gasteiger partial charge in [-0.2, -0.15) is 0 Å². The van der Waals surface area contributed by atoms with E-state index in [1.54, 1.807) is 0 Å². The molecule has 2 aliphatic rings. The second-order valence-corrected chi connectivity index (χ2v) is 8.26. The second kappa shape index (κ2) is 9.94. The van der Waals surface area contributed by atoms with Crippen LogP contribution in [0, 0.1) is 17.5 Å².